The second-order valence-corrected chi connectivity index (χ2v) is 8.14. The molecule has 0 aromatic carbocycles. The van der Waals surface area contributed by atoms with Crippen LogP contribution in [-0.4, -0.2) is 52.8 Å². The number of carbonyl (C=O) groups excluding carboxylic acids is 3. The van der Waals surface area contributed by atoms with Gasteiger partial charge in [-0.15, -0.1) is 0 Å². The van der Waals surface area contributed by atoms with Gasteiger partial charge in [-0.3, -0.25) is 15.1 Å². The van der Waals surface area contributed by atoms with Gasteiger partial charge in [0, 0.05) is 12.1 Å². The Hall–Kier alpha value is -2.03. The van der Waals surface area contributed by atoms with Crippen LogP contribution in [0.15, 0.2) is 0 Å². The fraction of sp³-hybridized carbons (Fsp3) is 0.812. The van der Waals surface area contributed by atoms with Crippen LogP contribution in [0.25, 0.3) is 0 Å². The Balaban J connectivity index is 2.60. The van der Waals surface area contributed by atoms with E-state index in [-0.39, 0.29) is 18.6 Å². The molecule has 0 spiro atoms. The molecule has 1 aliphatic carbocycles. The van der Waals surface area contributed by atoms with E-state index in [1.807, 2.05) is 5.43 Å². The van der Waals surface area contributed by atoms with E-state index in [9.17, 15) is 14.4 Å². The van der Waals surface area contributed by atoms with Crippen molar-refractivity contribution in [2.24, 2.45) is 5.84 Å². The summed E-state index contributed by atoms with van der Waals surface area (Å²) in [5.41, 5.74) is 0.759. The number of hydrogen-bond donors (Lipinski definition) is 3. The van der Waals surface area contributed by atoms with Crippen LogP contribution in [-0.2, 0) is 14.3 Å². The van der Waals surface area contributed by atoms with Gasteiger partial charge in [-0.05, 0) is 54.4 Å². The SMILES string of the molecule is CC(C)(C)OC(=O)NC1CC(N(CC(=O)NN)C(=O)OC(C)(C)C)C1. The molecule has 0 saturated heterocycles. The maximum absolute atomic E-state index is 12.3. The van der Waals surface area contributed by atoms with Crippen LogP contribution < -0.4 is 16.6 Å². The van der Waals surface area contributed by atoms with Crippen molar-refractivity contribution < 1.29 is 23.9 Å². The molecule has 4 N–H and O–H groups in total. The van der Waals surface area contributed by atoms with Crippen LogP contribution >= 0.6 is 0 Å². The Morgan fingerprint density at radius 3 is 2.00 bits per heavy atom. The molecular weight excluding hydrogens is 328 g/mol. The third kappa shape index (κ3) is 7.59. The summed E-state index contributed by atoms with van der Waals surface area (Å²) in [6.07, 6.45) is -0.0663. The lowest BCUT2D eigenvalue weighted by molar-refractivity contribution is -0.123. The molecule has 9 heteroatoms. The fourth-order valence-corrected chi connectivity index (χ4v) is 2.30. The van der Waals surface area contributed by atoms with E-state index >= 15 is 0 Å². The Morgan fingerprint density at radius 2 is 1.56 bits per heavy atom. The molecular formula is C16H30N4O5. The molecule has 144 valence electrons. The molecule has 25 heavy (non-hydrogen) atoms. The third-order valence-electron chi connectivity index (χ3n) is 3.38. The Morgan fingerprint density at radius 1 is 1.04 bits per heavy atom. The van der Waals surface area contributed by atoms with Crippen molar-refractivity contribution in [2.75, 3.05) is 6.54 Å². The topological polar surface area (TPSA) is 123 Å². The number of ether oxygens (including phenoxy) is 2. The second kappa shape index (κ2) is 7.90. The van der Waals surface area contributed by atoms with Gasteiger partial charge in [0.25, 0.3) is 5.91 Å². The van der Waals surface area contributed by atoms with Gasteiger partial charge >= 0.3 is 12.2 Å². The predicted octanol–water partition coefficient (Wildman–Crippen LogP) is 1.27. The van der Waals surface area contributed by atoms with Gasteiger partial charge in [-0.1, -0.05) is 0 Å². The first-order valence-corrected chi connectivity index (χ1v) is 8.29. The van der Waals surface area contributed by atoms with E-state index in [2.05, 4.69) is 5.32 Å². The van der Waals surface area contributed by atoms with Gasteiger partial charge in [-0.25, -0.2) is 15.4 Å². The van der Waals surface area contributed by atoms with E-state index in [1.54, 1.807) is 41.5 Å². The highest BCUT2D eigenvalue weighted by molar-refractivity contribution is 5.82. The van der Waals surface area contributed by atoms with E-state index in [0.717, 1.165) is 0 Å². The Labute approximate surface area is 148 Å². The van der Waals surface area contributed by atoms with Crippen molar-refractivity contribution in [3.63, 3.8) is 0 Å². The number of rotatable bonds is 4. The van der Waals surface area contributed by atoms with Crippen molar-refractivity contribution in [1.82, 2.24) is 15.6 Å². The highest BCUT2D eigenvalue weighted by Crippen LogP contribution is 2.27. The van der Waals surface area contributed by atoms with Crippen LogP contribution in [0.4, 0.5) is 9.59 Å². The largest absolute Gasteiger partial charge is 0.444 e. The molecule has 0 unspecified atom stereocenters. The summed E-state index contributed by atoms with van der Waals surface area (Å²) < 4.78 is 10.5. The number of hydrazine groups is 1. The molecule has 0 aromatic rings. The first-order valence-electron chi connectivity index (χ1n) is 8.29. The highest BCUT2D eigenvalue weighted by Gasteiger charge is 2.39. The number of amides is 3. The quantitative estimate of drug-likeness (QED) is 0.395. The summed E-state index contributed by atoms with van der Waals surface area (Å²) in [5, 5.41) is 2.75. The standard InChI is InChI=1S/C16H30N4O5/c1-15(2,3)24-13(22)18-10-7-11(8-10)20(9-12(21)19-17)14(23)25-16(4,5)6/h10-11H,7-9,17H2,1-6H3,(H,18,22)(H,19,21). The van der Waals surface area contributed by atoms with E-state index < -0.39 is 29.3 Å². The lowest BCUT2D eigenvalue weighted by Crippen LogP contribution is -2.58. The normalized spacial score (nSPS) is 20.1. The lowest BCUT2D eigenvalue weighted by atomic mass is 9.85. The fourth-order valence-electron chi connectivity index (χ4n) is 2.30. The second-order valence-electron chi connectivity index (χ2n) is 8.14. The molecule has 0 radical (unpaired) electrons. The average Bonchev–Trinajstić information content (AvgIpc) is 2.35. The van der Waals surface area contributed by atoms with Crippen molar-refractivity contribution in [1.29, 1.82) is 0 Å². The molecule has 1 fully saturated rings. The molecule has 1 saturated carbocycles. The van der Waals surface area contributed by atoms with Crippen molar-refractivity contribution in [3.8, 4) is 0 Å². The summed E-state index contributed by atoms with van der Waals surface area (Å²) >= 11 is 0. The Bertz CT molecular complexity index is 504. The van der Waals surface area contributed by atoms with Crippen LogP contribution in [0.1, 0.15) is 54.4 Å². The maximum atomic E-state index is 12.3. The first kappa shape index (κ1) is 21.0. The molecule has 1 aliphatic rings. The van der Waals surface area contributed by atoms with Gasteiger partial charge in [0.05, 0.1) is 0 Å². The molecule has 0 atom stereocenters. The Kier molecular flexibility index (Phi) is 6.64. The smallest absolute Gasteiger partial charge is 0.411 e. The van der Waals surface area contributed by atoms with Crippen LogP contribution in [0.2, 0.25) is 0 Å². The van der Waals surface area contributed by atoms with E-state index in [4.69, 9.17) is 15.3 Å². The zero-order valence-corrected chi connectivity index (χ0v) is 15.8. The van der Waals surface area contributed by atoms with Crippen LogP contribution in [0, 0.1) is 0 Å². The maximum Gasteiger partial charge on any atom is 0.411 e. The molecule has 0 aliphatic heterocycles. The lowest BCUT2D eigenvalue weighted by Gasteiger charge is -2.42. The van der Waals surface area contributed by atoms with Crippen LogP contribution in [0.3, 0.4) is 0 Å². The van der Waals surface area contributed by atoms with Gasteiger partial charge in [0.2, 0.25) is 0 Å². The van der Waals surface area contributed by atoms with Crippen molar-refractivity contribution in [3.05, 3.63) is 0 Å². The van der Waals surface area contributed by atoms with Gasteiger partial charge in [0.1, 0.15) is 17.7 Å². The van der Waals surface area contributed by atoms with Crippen molar-refractivity contribution in [2.45, 2.75) is 77.7 Å². The summed E-state index contributed by atoms with van der Waals surface area (Å²) in [6.45, 7) is 10.4. The highest BCUT2D eigenvalue weighted by atomic mass is 16.6. The number of carbonyl (C=O) groups is 3. The summed E-state index contributed by atoms with van der Waals surface area (Å²) in [6, 6.07) is -0.335. The monoisotopic (exact) mass is 358 g/mol. The third-order valence-corrected chi connectivity index (χ3v) is 3.38. The zero-order valence-electron chi connectivity index (χ0n) is 15.8. The van der Waals surface area contributed by atoms with Gasteiger partial charge in [-0.2, -0.15) is 0 Å². The number of alkyl carbamates (subject to hydrolysis) is 1. The summed E-state index contributed by atoms with van der Waals surface area (Å²) in [4.78, 5) is 37.0. The van der Waals surface area contributed by atoms with Crippen LogP contribution in [0.5, 0.6) is 0 Å². The van der Waals surface area contributed by atoms with E-state index in [0.29, 0.717) is 12.8 Å². The minimum atomic E-state index is -0.674. The summed E-state index contributed by atoms with van der Waals surface area (Å²) in [5.74, 6) is 4.62. The molecule has 0 heterocycles. The first-order chi connectivity index (χ1) is 11.3. The number of hydrogen-bond acceptors (Lipinski definition) is 6. The van der Waals surface area contributed by atoms with Gasteiger partial charge < -0.3 is 14.8 Å². The molecule has 3 amide bonds. The summed E-state index contributed by atoms with van der Waals surface area (Å²) in [7, 11) is 0. The predicted molar refractivity (Wildman–Crippen MR) is 91.4 cm³/mol. The molecule has 1 rings (SSSR count). The van der Waals surface area contributed by atoms with Crippen molar-refractivity contribution >= 4 is 18.1 Å². The number of nitrogens with zero attached hydrogens (tertiary/aromatic N) is 1. The van der Waals surface area contributed by atoms with Gasteiger partial charge in [0.15, 0.2) is 0 Å². The minimum Gasteiger partial charge on any atom is -0.444 e. The zero-order chi connectivity index (χ0) is 19.4. The number of nitrogens with two attached hydrogens (primary N) is 1. The minimum absolute atomic E-state index is 0.120. The number of nitrogens with one attached hydrogen (secondary N) is 2. The molecule has 0 bridgehead atoms. The van der Waals surface area contributed by atoms with E-state index in [1.165, 1.54) is 4.90 Å². The molecule has 0 aromatic heterocycles. The average molecular weight is 358 g/mol. The molecule has 9 nitrogen and oxygen atoms in total.